The van der Waals surface area contributed by atoms with Crippen molar-refractivity contribution in [1.82, 2.24) is 9.80 Å². The smallest absolute Gasteiger partial charge is 0.230 e. The molecule has 0 saturated carbocycles. The van der Waals surface area contributed by atoms with Crippen molar-refractivity contribution in [2.24, 2.45) is 5.41 Å². The van der Waals surface area contributed by atoms with Gasteiger partial charge in [0.2, 0.25) is 11.8 Å². The van der Waals surface area contributed by atoms with E-state index in [1.54, 1.807) is 12.1 Å². The summed E-state index contributed by atoms with van der Waals surface area (Å²) in [5.41, 5.74) is 0.503. The Morgan fingerprint density at radius 2 is 1.96 bits per heavy atom. The molecule has 2 aliphatic rings. The van der Waals surface area contributed by atoms with Gasteiger partial charge in [-0.1, -0.05) is 36.2 Å². The molecule has 1 aromatic carbocycles. The lowest BCUT2D eigenvalue weighted by Crippen LogP contribution is -2.38. The molecule has 0 radical (unpaired) electrons. The molecule has 1 aromatic rings. The number of hydrogen-bond donors (Lipinski definition) is 0. The van der Waals surface area contributed by atoms with Gasteiger partial charge in [0.1, 0.15) is 0 Å². The molecular formula is C18H22Cl2N2O2. The second-order valence-electron chi connectivity index (χ2n) is 6.81. The zero-order valence-electron chi connectivity index (χ0n) is 13.9. The van der Waals surface area contributed by atoms with Gasteiger partial charge in [-0.3, -0.25) is 9.59 Å². The van der Waals surface area contributed by atoms with Crippen molar-refractivity contribution >= 4 is 35.0 Å². The molecule has 0 N–H and O–H groups in total. The van der Waals surface area contributed by atoms with E-state index in [1.807, 2.05) is 15.9 Å². The number of hydrogen-bond acceptors (Lipinski definition) is 2. The van der Waals surface area contributed by atoms with Crippen LogP contribution in [0.2, 0.25) is 10.0 Å². The van der Waals surface area contributed by atoms with Gasteiger partial charge < -0.3 is 9.80 Å². The number of nitrogens with zero attached hydrogens (tertiary/aromatic N) is 2. The first-order chi connectivity index (χ1) is 11.4. The van der Waals surface area contributed by atoms with Crippen LogP contribution in [0.5, 0.6) is 0 Å². The van der Waals surface area contributed by atoms with Crippen LogP contribution < -0.4 is 0 Å². The number of carbonyl (C=O) groups excluding carboxylic acids is 2. The van der Waals surface area contributed by atoms with E-state index in [9.17, 15) is 9.59 Å². The van der Waals surface area contributed by atoms with Gasteiger partial charge >= 0.3 is 0 Å². The summed E-state index contributed by atoms with van der Waals surface area (Å²) < 4.78 is 0. The van der Waals surface area contributed by atoms with Gasteiger partial charge in [0, 0.05) is 26.2 Å². The average Bonchev–Trinajstić information content (AvgIpc) is 3.12. The molecule has 2 aliphatic heterocycles. The van der Waals surface area contributed by atoms with E-state index in [0.717, 1.165) is 37.9 Å². The summed E-state index contributed by atoms with van der Waals surface area (Å²) in [7, 11) is 0. The normalized spacial score (nSPS) is 23.5. The summed E-state index contributed by atoms with van der Waals surface area (Å²) in [6, 6.07) is 5.26. The zero-order chi connectivity index (χ0) is 17.3. The first kappa shape index (κ1) is 17.6. The van der Waals surface area contributed by atoms with Crippen LogP contribution in [0.25, 0.3) is 0 Å². The number of likely N-dealkylation sites (tertiary alicyclic amines) is 2. The van der Waals surface area contributed by atoms with Gasteiger partial charge in [-0.05, 0) is 37.0 Å². The lowest BCUT2D eigenvalue weighted by Gasteiger charge is -2.23. The fourth-order valence-electron chi connectivity index (χ4n) is 3.78. The summed E-state index contributed by atoms with van der Waals surface area (Å²) in [6.45, 7) is 4.93. The van der Waals surface area contributed by atoms with E-state index in [2.05, 4.69) is 6.92 Å². The topological polar surface area (TPSA) is 40.6 Å². The number of amides is 2. The zero-order valence-corrected chi connectivity index (χ0v) is 15.4. The Hall–Kier alpha value is -1.26. The molecule has 4 nitrogen and oxygen atoms in total. The maximum Gasteiger partial charge on any atom is 0.230 e. The summed E-state index contributed by atoms with van der Waals surface area (Å²) in [5, 5.41) is 0.946. The fraction of sp³-hybridized carbons (Fsp3) is 0.556. The first-order valence-corrected chi connectivity index (χ1v) is 9.22. The predicted molar refractivity (Wildman–Crippen MR) is 95.3 cm³/mol. The van der Waals surface area contributed by atoms with Crippen molar-refractivity contribution < 1.29 is 9.59 Å². The van der Waals surface area contributed by atoms with Crippen LogP contribution in [0.3, 0.4) is 0 Å². The molecular weight excluding hydrogens is 347 g/mol. The molecule has 1 spiro atoms. The van der Waals surface area contributed by atoms with E-state index < -0.39 is 0 Å². The molecule has 130 valence electrons. The highest BCUT2D eigenvalue weighted by molar-refractivity contribution is 6.42. The second-order valence-corrected chi connectivity index (χ2v) is 7.63. The highest BCUT2D eigenvalue weighted by Crippen LogP contribution is 2.40. The van der Waals surface area contributed by atoms with Gasteiger partial charge in [0.15, 0.2) is 0 Å². The van der Waals surface area contributed by atoms with E-state index in [1.165, 1.54) is 0 Å². The van der Waals surface area contributed by atoms with E-state index in [-0.39, 0.29) is 17.2 Å². The Labute approximate surface area is 152 Å². The maximum absolute atomic E-state index is 12.7. The highest BCUT2D eigenvalue weighted by atomic mass is 35.5. The Morgan fingerprint density at radius 1 is 1.21 bits per heavy atom. The number of halogens is 2. The first-order valence-electron chi connectivity index (χ1n) is 8.46. The van der Waals surface area contributed by atoms with Crippen molar-refractivity contribution in [3.63, 3.8) is 0 Å². The van der Waals surface area contributed by atoms with Gasteiger partial charge in [0.25, 0.3) is 0 Å². The minimum atomic E-state index is -0.345. The van der Waals surface area contributed by atoms with Gasteiger partial charge in [0.05, 0.1) is 21.9 Å². The number of benzene rings is 1. The van der Waals surface area contributed by atoms with Crippen LogP contribution in [0.4, 0.5) is 0 Å². The lowest BCUT2D eigenvalue weighted by molar-refractivity contribution is -0.136. The van der Waals surface area contributed by atoms with Gasteiger partial charge in [-0.15, -0.1) is 0 Å². The average molecular weight is 369 g/mol. The van der Waals surface area contributed by atoms with Crippen LogP contribution >= 0.6 is 23.2 Å². The Balaban J connectivity index is 1.64. The van der Waals surface area contributed by atoms with Crippen molar-refractivity contribution in [3.05, 3.63) is 33.8 Å². The highest BCUT2D eigenvalue weighted by Gasteiger charge is 2.51. The van der Waals surface area contributed by atoms with E-state index >= 15 is 0 Å². The quantitative estimate of drug-likeness (QED) is 0.816. The summed E-state index contributed by atoms with van der Waals surface area (Å²) in [5.74, 6) is 0.279. The molecule has 1 unspecified atom stereocenters. The Bertz CT molecular complexity index is 664. The molecule has 1 atom stereocenters. The fourth-order valence-corrected chi connectivity index (χ4v) is 4.10. The third-order valence-electron chi connectivity index (χ3n) is 5.14. The standard InChI is InChI=1S/C18H22Cl2N2O2/c1-2-7-21-8-5-18(17(21)24)6-9-22(12-18)16(23)11-13-3-4-14(19)15(20)10-13/h3-4,10H,2,5-9,11-12H2,1H3. The van der Waals surface area contributed by atoms with Crippen molar-refractivity contribution in [2.75, 3.05) is 26.2 Å². The number of carbonyl (C=O) groups is 2. The van der Waals surface area contributed by atoms with E-state index in [0.29, 0.717) is 29.6 Å². The number of rotatable bonds is 4. The largest absolute Gasteiger partial charge is 0.342 e. The molecule has 0 aliphatic carbocycles. The van der Waals surface area contributed by atoms with Crippen LogP contribution in [-0.4, -0.2) is 47.8 Å². The molecule has 3 rings (SSSR count). The lowest BCUT2D eigenvalue weighted by atomic mass is 9.85. The predicted octanol–water partition coefficient (Wildman–Crippen LogP) is 3.40. The van der Waals surface area contributed by atoms with Gasteiger partial charge in [-0.25, -0.2) is 0 Å². The summed E-state index contributed by atoms with van der Waals surface area (Å²) >= 11 is 11.9. The molecule has 0 aromatic heterocycles. The Kier molecular flexibility index (Phi) is 5.07. The van der Waals surface area contributed by atoms with Crippen molar-refractivity contribution in [2.45, 2.75) is 32.6 Å². The van der Waals surface area contributed by atoms with Crippen molar-refractivity contribution in [1.29, 1.82) is 0 Å². The van der Waals surface area contributed by atoms with E-state index in [4.69, 9.17) is 23.2 Å². The molecule has 2 fully saturated rings. The minimum Gasteiger partial charge on any atom is -0.342 e. The molecule has 2 amide bonds. The summed E-state index contributed by atoms with van der Waals surface area (Å²) in [4.78, 5) is 29.1. The van der Waals surface area contributed by atoms with Crippen LogP contribution in [-0.2, 0) is 16.0 Å². The molecule has 24 heavy (non-hydrogen) atoms. The molecule has 2 heterocycles. The minimum absolute atomic E-state index is 0.0482. The monoisotopic (exact) mass is 368 g/mol. The second kappa shape index (κ2) is 6.93. The van der Waals surface area contributed by atoms with Crippen LogP contribution in [0.1, 0.15) is 31.7 Å². The molecule has 0 bridgehead atoms. The Morgan fingerprint density at radius 3 is 2.67 bits per heavy atom. The molecule has 2 saturated heterocycles. The van der Waals surface area contributed by atoms with Crippen LogP contribution in [0, 0.1) is 5.41 Å². The van der Waals surface area contributed by atoms with Gasteiger partial charge in [-0.2, -0.15) is 0 Å². The van der Waals surface area contributed by atoms with Crippen LogP contribution in [0.15, 0.2) is 18.2 Å². The maximum atomic E-state index is 12.7. The third-order valence-corrected chi connectivity index (χ3v) is 5.88. The SMILES string of the molecule is CCCN1CCC2(CCN(C(=O)Cc3ccc(Cl)c(Cl)c3)C2)C1=O. The molecule has 6 heteroatoms. The third kappa shape index (κ3) is 3.27. The summed E-state index contributed by atoms with van der Waals surface area (Å²) in [6.07, 6.45) is 2.91. The van der Waals surface area contributed by atoms with Crippen molar-refractivity contribution in [3.8, 4) is 0 Å².